The van der Waals surface area contributed by atoms with Crippen molar-refractivity contribution in [2.24, 2.45) is 0 Å². The van der Waals surface area contributed by atoms with Gasteiger partial charge in [-0.3, -0.25) is 0 Å². The average molecular weight is 254 g/mol. The van der Waals surface area contributed by atoms with E-state index in [1.165, 1.54) is 0 Å². The predicted molar refractivity (Wildman–Crippen MR) is 66.5 cm³/mol. The van der Waals surface area contributed by atoms with Crippen LogP contribution in [0, 0.1) is 11.3 Å². The van der Waals surface area contributed by atoms with Crippen LogP contribution < -0.4 is 5.32 Å². The van der Waals surface area contributed by atoms with Crippen molar-refractivity contribution in [1.29, 1.82) is 5.26 Å². The molecule has 94 valence electrons. The molecule has 1 rings (SSSR count). The zero-order chi connectivity index (χ0) is 12.3. The van der Waals surface area contributed by atoms with Gasteiger partial charge in [-0.25, -0.2) is 4.68 Å². The second-order valence-electron chi connectivity index (χ2n) is 3.54. The summed E-state index contributed by atoms with van der Waals surface area (Å²) < 4.78 is 1.81. The summed E-state index contributed by atoms with van der Waals surface area (Å²) in [6.07, 6.45) is 2.60. The predicted octanol–water partition coefficient (Wildman–Crippen LogP) is 1.07. The van der Waals surface area contributed by atoms with Gasteiger partial charge in [-0.1, -0.05) is 18.7 Å². The van der Waals surface area contributed by atoms with Crippen LogP contribution in [0.3, 0.4) is 0 Å². The van der Waals surface area contributed by atoms with Crippen LogP contribution in [0.25, 0.3) is 0 Å². The number of nitriles is 1. The highest BCUT2D eigenvalue weighted by molar-refractivity contribution is 7.99. The van der Waals surface area contributed by atoms with Crippen LogP contribution in [-0.4, -0.2) is 39.0 Å². The quantitative estimate of drug-likeness (QED) is 0.524. The van der Waals surface area contributed by atoms with Crippen LogP contribution in [0.5, 0.6) is 0 Å². The summed E-state index contributed by atoms with van der Waals surface area (Å²) in [5.41, 5.74) is 0. The first kappa shape index (κ1) is 13.9. The Morgan fingerprint density at radius 2 is 2.35 bits per heavy atom. The first-order chi connectivity index (χ1) is 8.38. The lowest BCUT2D eigenvalue weighted by Crippen LogP contribution is -2.21. The van der Waals surface area contributed by atoms with Crippen molar-refractivity contribution in [1.82, 2.24) is 25.5 Å². The molecule has 17 heavy (non-hydrogen) atoms. The van der Waals surface area contributed by atoms with Crippen molar-refractivity contribution in [3.05, 3.63) is 0 Å². The van der Waals surface area contributed by atoms with Crippen LogP contribution >= 0.6 is 11.8 Å². The molecule has 0 aliphatic heterocycles. The fourth-order valence-corrected chi connectivity index (χ4v) is 2.08. The minimum atomic E-state index is 0.590. The summed E-state index contributed by atoms with van der Waals surface area (Å²) in [6, 6.07) is 2.13. The van der Waals surface area contributed by atoms with Crippen molar-refractivity contribution in [3.8, 4) is 6.07 Å². The molecule has 0 amide bonds. The van der Waals surface area contributed by atoms with Gasteiger partial charge in [-0.05, 0) is 29.8 Å². The van der Waals surface area contributed by atoms with E-state index >= 15 is 0 Å². The molecule has 1 N–H and O–H groups in total. The Morgan fingerprint density at radius 1 is 1.47 bits per heavy atom. The van der Waals surface area contributed by atoms with E-state index in [9.17, 15) is 0 Å². The topological polar surface area (TPSA) is 79.4 Å². The van der Waals surface area contributed by atoms with E-state index in [1.54, 1.807) is 16.4 Å². The monoisotopic (exact) mass is 254 g/mol. The highest BCUT2D eigenvalue weighted by Gasteiger charge is 2.05. The van der Waals surface area contributed by atoms with Crippen molar-refractivity contribution >= 4 is 11.8 Å². The average Bonchev–Trinajstić information content (AvgIpc) is 2.78. The van der Waals surface area contributed by atoms with Crippen LogP contribution in [0.4, 0.5) is 0 Å². The maximum absolute atomic E-state index is 8.43. The Hall–Kier alpha value is -1.13. The molecule has 1 aromatic heterocycles. The van der Waals surface area contributed by atoms with E-state index in [2.05, 4.69) is 33.8 Å². The number of thioether (sulfide) groups is 1. The summed E-state index contributed by atoms with van der Waals surface area (Å²) in [4.78, 5) is 0. The van der Waals surface area contributed by atoms with Gasteiger partial charge in [0.1, 0.15) is 0 Å². The Balaban J connectivity index is 2.25. The van der Waals surface area contributed by atoms with Crippen LogP contribution in [0.1, 0.15) is 26.2 Å². The molecule has 0 aromatic carbocycles. The molecule has 0 aliphatic rings. The van der Waals surface area contributed by atoms with Gasteiger partial charge in [-0.2, -0.15) is 5.26 Å². The van der Waals surface area contributed by atoms with Crippen molar-refractivity contribution in [2.45, 2.75) is 37.9 Å². The molecule has 0 aliphatic carbocycles. The number of tetrazole rings is 1. The smallest absolute Gasteiger partial charge is 0.209 e. The van der Waals surface area contributed by atoms with Gasteiger partial charge < -0.3 is 5.32 Å². The second-order valence-corrected chi connectivity index (χ2v) is 4.61. The van der Waals surface area contributed by atoms with Gasteiger partial charge in [0.25, 0.3) is 0 Å². The standard InChI is InChI=1S/C10H18N6S/c1-2-6-12-7-8-16-10(13-14-15-16)17-9-4-3-5-11/h12H,2-4,6-9H2,1H3. The van der Waals surface area contributed by atoms with Gasteiger partial charge in [-0.15, -0.1) is 5.10 Å². The minimum Gasteiger partial charge on any atom is -0.315 e. The van der Waals surface area contributed by atoms with E-state index < -0.39 is 0 Å². The van der Waals surface area contributed by atoms with Crippen LogP contribution in [0.2, 0.25) is 0 Å². The van der Waals surface area contributed by atoms with Gasteiger partial charge in [0.15, 0.2) is 0 Å². The molecule has 0 saturated heterocycles. The molecule has 7 heteroatoms. The van der Waals surface area contributed by atoms with E-state index in [4.69, 9.17) is 5.26 Å². The zero-order valence-corrected chi connectivity index (χ0v) is 10.9. The lowest BCUT2D eigenvalue weighted by atomic mass is 10.4. The van der Waals surface area contributed by atoms with Crippen molar-refractivity contribution in [3.63, 3.8) is 0 Å². The van der Waals surface area contributed by atoms with Gasteiger partial charge in [0.05, 0.1) is 12.6 Å². The summed E-state index contributed by atoms with van der Waals surface area (Å²) in [5, 5.41) is 24.2. The summed E-state index contributed by atoms with van der Waals surface area (Å²) in [6.45, 7) is 4.82. The lowest BCUT2D eigenvalue weighted by molar-refractivity contribution is 0.510. The van der Waals surface area contributed by atoms with Gasteiger partial charge in [0.2, 0.25) is 5.16 Å². The molecule has 0 radical (unpaired) electrons. The highest BCUT2D eigenvalue weighted by atomic mass is 32.2. The molecule has 0 fully saturated rings. The Morgan fingerprint density at radius 3 is 3.12 bits per heavy atom. The number of hydrogen-bond donors (Lipinski definition) is 1. The molecule has 0 spiro atoms. The fraction of sp³-hybridized carbons (Fsp3) is 0.800. The molecule has 0 unspecified atom stereocenters. The zero-order valence-electron chi connectivity index (χ0n) is 10.1. The minimum absolute atomic E-state index is 0.590. The van der Waals surface area contributed by atoms with Crippen molar-refractivity contribution < 1.29 is 0 Å². The number of unbranched alkanes of at least 4 members (excludes halogenated alkanes) is 1. The molecule has 6 nitrogen and oxygen atoms in total. The third-order valence-electron chi connectivity index (χ3n) is 2.09. The Kier molecular flexibility index (Phi) is 7.34. The number of nitrogens with zero attached hydrogens (tertiary/aromatic N) is 5. The third-order valence-corrected chi connectivity index (χ3v) is 3.13. The van der Waals surface area contributed by atoms with Crippen molar-refractivity contribution in [2.75, 3.05) is 18.8 Å². The molecular formula is C10H18N6S. The summed E-state index contributed by atoms with van der Waals surface area (Å²) >= 11 is 1.61. The molecular weight excluding hydrogens is 236 g/mol. The normalized spacial score (nSPS) is 10.4. The molecule has 0 atom stereocenters. The molecule has 1 heterocycles. The van der Waals surface area contributed by atoms with E-state index in [0.29, 0.717) is 6.42 Å². The van der Waals surface area contributed by atoms with E-state index in [0.717, 1.165) is 43.4 Å². The lowest BCUT2D eigenvalue weighted by Gasteiger charge is -2.04. The first-order valence-corrected chi connectivity index (χ1v) is 6.83. The fourth-order valence-electron chi connectivity index (χ4n) is 1.24. The number of hydrogen-bond acceptors (Lipinski definition) is 6. The number of rotatable bonds is 9. The summed E-state index contributed by atoms with van der Waals surface area (Å²) in [7, 11) is 0. The largest absolute Gasteiger partial charge is 0.315 e. The molecule has 1 aromatic rings. The third kappa shape index (κ3) is 5.65. The van der Waals surface area contributed by atoms with E-state index in [-0.39, 0.29) is 0 Å². The Bertz CT molecular complexity index is 345. The van der Waals surface area contributed by atoms with Gasteiger partial charge >= 0.3 is 0 Å². The first-order valence-electron chi connectivity index (χ1n) is 5.85. The second kappa shape index (κ2) is 8.96. The van der Waals surface area contributed by atoms with Gasteiger partial charge in [0, 0.05) is 18.7 Å². The SMILES string of the molecule is CCCNCCn1nnnc1SCCCC#N. The van der Waals surface area contributed by atoms with Crippen LogP contribution in [0.15, 0.2) is 5.16 Å². The number of nitrogens with one attached hydrogen (secondary N) is 1. The summed E-state index contributed by atoms with van der Waals surface area (Å²) in [5.74, 6) is 0.885. The maximum Gasteiger partial charge on any atom is 0.209 e. The molecule has 0 bridgehead atoms. The van der Waals surface area contributed by atoms with E-state index in [1.807, 2.05) is 0 Å². The maximum atomic E-state index is 8.43. The highest BCUT2D eigenvalue weighted by Crippen LogP contribution is 2.14. The Labute approximate surface area is 106 Å². The van der Waals surface area contributed by atoms with Crippen LogP contribution in [-0.2, 0) is 6.54 Å². The number of aromatic nitrogens is 4. The molecule has 0 saturated carbocycles.